The van der Waals surface area contributed by atoms with Crippen LogP contribution in [0.2, 0.25) is 6.32 Å². The lowest BCUT2D eigenvalue weighted by atomic mass is 9.53. The third kappa shape index (κ3) is 2.36. The largest absolute Gasteiger partial charge is 0.469 e. The zero-order valence-corrected chi connectivity index (χ0v) is 10.4. The molecule has 2 nitrogen and oxygen atoms in total. The van der Waals surface area contributed by atoms with Crippen LogP contribution < -0.4 is 5.46 Å². The minimum Gasteiger partial charge on any atom is -0.469 e. The summed E-state index contributed by atoms with van der Waals surface area (Å²) in [6.07, 6.45) is 6.70. The SMILES string of the molecule is OB1CCCc2ccc(CCc3ccco3)cc21. The van der Waals surface area contributed by atoms with Crippen LogP contribution in [0.4, 0.5) is 0 Å². The minimum absolute atomic E-state index is 0.266. The molecule has 1 aromatic carbocycles. The van der Waals surface area contributed by atoms with Gasteiger partial charge in [-0.3, -0.25) is 0 Å². The van der Waals surface area contributed by atoms with Crippen molar-refractivity contribution in [2.75, 3.05) is 0 Å². The van der Waals surface area contributed by atoms with E-state index in [0.29, 0.717) is 0 Å². The summed E-state index contributed by atoms with van der Waals surface area (Å²) >= 11 is 0. The van der Waals surface area contributed by atoms with E-state index in [4.69, 9.17) is 4.42 Å². The fourth-order valence-corrected chi connectivity index (χ4v) is 2.70. The predicted octanol–water partition coefficient (Wildman–Crippen LogP) is 2.20. The number of aryl methyl sites for hydroxylation is 3. The van der Waals surface area contributed by atoms with Gasteiger partial charge in [0.15, 0.2) is 0 Å². The lowest BCUT2D eigenvalue weighted by molar-refractivity contribution is 0.508. The molecule has 1 aliphatic rings. The van der Waals surface area contributed by atoms with Crippen LogP contribution in [0.25, 0.3) is 0 Å². The number of furan rings is 1. The molecule has 0 aliphatic carbocycles. The number of hydrogen-bond acceptors (Lipinski definition) is 2. The van der Waals surface area contributed by atoms with Crippen molar-refractivity contribution in [2.24, 2.45) is 0 Å². The Kier molecular flexibility index (Phi) is 3.24. The van der Waals surface area contributed by atoms with Crippen molar-refractivity contribution in [3.05, 3.63) is 53.5 Å². The van der Waals surface area contributed by atoms with Gasteiger partial charge < -0.3 is 9.44 Å². The van der Waals surface area contributed by atoms with Crippen LogP contribution in [0.15, 0.2) is 41.0 Å². The van der Waals surface area contributed by atoms with Crippen LogP contribution in [-0.2, 0) is 19.3 Å². The molecule has 0 saturated carbocycles. The molecule has 3 rings (SSSR count). The molecule has 1 N–H and O–H groups in total. The molecule has 0 amide bonds. The van der Waals surface area contributed by atoms with E-state index in [2.05, 4.69) is 18.2 Å². The van der Waals surface area contributed by atoms with Crippen LogP contribution in [0.1, 0.15) is 23.3 Å². The Morgan fingerprint density at radius 1 is 1.22 bits per heavy atom. The molecular weight excluding hydrogens is 223 g/mol. The molecule has 1 aromatic heterocycles. The predicted molar refractivity (Wildman–Crippen MR) is 73.3 cm³/mol. The van der Waals surface area contributed by atoms with Crippen molar-refractivity contribution in [3.8, 4) is 0 Å². The van der Waals surface area contributed by atoms with E-state index in [1.165, 1.54) is 11.1 Å². The Bertz CT molecular complexity index is 519. The second-order valence-electron chi connectivity index (χ2n) is 5.02. The fraction of sp³-hybridized carbons (Fsp3) is 0.333. The first kappa shape index (κ1) is 11.6. The van der Waals surface area contributed by atoms with Crippen molar-refractivity contribution in [3.63, 3.8) is 0 Å². The topological polar surface area (TPSA) is 33.4 Å². The molecule has 2 heterocycles. The van der Waals surface area contributed by atoms with Gasteiger partial charge in [-0.1, -0.05) is 30.2 Å². The molecule has 1 aliphatic heterocycles. The molecule has 18 heavy (non-hydrogen) atoms. The number of rotatable bonds is 3. The van der Waals surface area contributed by atoms with E-state index >= 15 is 0 Å². The summed E-state index contributed by atoms with van der Waals surface area (Å²) < 4.78 is 5.34. The van der Waals surface area contributed by atoms with Crippen LogP contribution in [-0.4, -0.2) is 11.9 Å². The molecule has 92 valence electrons. The Labute approximate surface area is 108 Å². The van der Waals surface area contributed by atoms with Gasteiger partial charge in [0.25, 0.3) is 0 Å². The minimum atomic E-state index is -0.266. The summed E-state index contributed by atoms with van der Waals surface area (Å²) in [6.45, 7) is -0.266. The van der Waals surface area contributed by atoms with Crippen LogP contribution in [0.5, 0.6) is 0 Å². The van der Waals surface area contributed by atoms with Gasteiger partial charge in [-0.25, -0.2) is 0 Å². The number of hydrogen-bond donors (Lipinski definition) is 1. The van der Waals surface area contributed by atoms with Gasteiger partial charge in [0.2, 0.25) is 0 Å². The molecule has 0 saturated heterocycles. The van der Waals surface area contributed by atoms with Gasteiger partial charge in [0.1, 0.15) is 5.76 Å². The summed E-state index contributed by atoms with van der Waals surface area (Å²) in [4.78, 5) is 0. The zero-order chi connectivity index (χ0) is 12.4. The quantitative estimate of drug-likeness (QED) is 0.834. The van der Waals surface area contributed by atoms with Gasteiger partial charge in [-0.15, -0.1) is 0 Å². The van der Waals surface area contributed by atoms with E-state index in [9.17, 15) is 5.02 Å². The molecule has 0 fully saturated rings. The molecular formula is C15H17BO2. The van der Waals surface area contributed by atoms with Gasteiger partial charge in [0.05, 0.1) is 6.26 Å². The molecule has 0 atom stereocenters. The Morgan fingerprint density at radius 3 is 3.00 bits per heavy atom. The van der Waals surface area contributed by atoms with Gasteiger partial charge in [0, 0.05) is 6.42 Å². The van der Waals surface area contributed by atoms with Gasteiger partial charge >= 0.3 is 6.92 Å². The van der Waals surface area contributed by atoms with Gasteiger partial charge in [-0.2, -0.15) is 0 Å². The highest BCUT2D eigenvalue weighted by molar-refractivity contribution is 6.67. The van der Waals surface area contributed by atoms with E-state index < -0.39 is 0 Å². The van der Waals surface area contributed by atoms with Crippen molar-refractivity contribution in [2.45, 2.75) is 32.0 Å². The Morgan fingerprint density at radius 2 is 2.17 bits per heavy atom. The van der Waals surface area contributed by atoms with Crippen LogP contribution in [0, 0.1) is 0 Å². The highest BCUT2D eigenvalue weighted by Gasteiger charge is 2.22. The maximum atomic E-state index is 10.0. The van der Waals surface area contributed by atoms with E-state index in [0.717, 1.165) is 43.2 Å². The number of benzene rings is 1. The summed E-state index contributed by atoms with van der Waals surface area (Å²) in [7, 11) is 0. The lowest BCUT2D eigenvalue weighted by Crippen LogP contribution is -2.36. The molecule has 0 radical (unpaired) electrons. The van der Waals surface area contributed by atoms with E-state index in [1.54, 1.807) is 6.26 Å². The molecule has 2 aromatic rings. The van der Waals surface area contributed by atoms with E-state index in [1.807, 2.05) is 12.1 Å². The normalized spacial score (nSPS) is 14.6. The van der Waals surface area contributed by atoms with Crippen LogP contribution >= 0.6 is 0 Å². The first-order valence-electron chi connectivity index (χ1n) is 6.65. The average molecular weight is 240 g/mol. The monoisotopic (exact) mass is 240 g/mol. The van der Waals surface area contributed by atoms with Crippen molar-refractivity contribution in [1.29, 1.82) is 0 Å². The molecule has 3 heteroatoms. The third-order valence-electron chi connectivity index (χ3n) is 3.73. The molecule has 0 unspecified atom stereocenters. The lowest BCUT2D eigenvalue weighted by Gasteiger charge is -2.19. The van der Waals surface area contributed by atoms with Crippen LogP contribution in [0.3, 0.4) is 0 Å². The summed E-state index contributed by atoms with van der Waals surface area (Å²) in [5, 5.41) is 10.0. The highest BCUT2D eigenvalue weighted by Crippen LogP contribution is 2.15. The summed E-state index contributed by atoms with van der Waals surface area (Å²) in [5.41, 5.74) is 3.74. The number of fused-ring (bicyclic) bond motifs is 1. The first-order chi connectivity index (χ1) is 8.83. The second kappa shape index (κ2) is 5.03. The van der Waals surface area contributed by atoms with Crippen molar-refractivity contribution < 1.29 is 9.44 Å². The van der Waals surface area contributed by atoms with E-state index in [-0.39, 0.29) is 6.92 Å². The Hall–Kier alpha value is -1.48. The fourth-order valence-electron chi connectivity index (χ4n) is 2.70. The second-order valence-corrected chi connectivity index (χ2v) is 5.02. The third-order valence-corrected chi connectivity index (χ3v) is 3.73. The maximum Gasteiger partial charge on any atom is 0.323 e. The first-order valence-corrected chi connectivity index (χ1v) is 6.65. The van der Waals surface area contributed by atoms with Gasteiger partial charge in [-0.05, 0) is 42.3 Å². The highest BCUT2D eigenvalue weighted by atomic mass is 16.3. The van der Waals surface area contributed by atoms with Crippen molar-refractivity contribution >= 4 is 12.4 Å². The summed E-state index contributed by atoms with van der Waals surface area (Å²) in [5.74, 6) is 1.02. The van der Waals surface area contributed by atoms with Crippen molar-refractivity contribution in [1.82, 2.24) is 0 Å². The Balaban J connectivity index is 1.75. The standard InChI is InChI=1S/C15H17BO2/c17-16-9-1-3-13-7-5-12(11-15(13)16)6-8-14-4-2-10-18-14/h2,4-5,7,10-11,17H,1,3,6,8-9H2. The molecule has 0 bridgehead atoms. The zero-order valence-electron chi connectivity index (χ0n) is 10.4. The molecule has 0 spiro atoms. The summed E-state index contributed by atoms with van der Waals surface area (Å²) in [6, 6.07) is 10.5. The smallest absolute Gasteiger partial charge is 0.323 e. The maximum absolute atomic E-state index is 10.0. The average Bonchev–Trinajstić information content (AvgIpc) is 2.90.